The van der Waals surface area contributed by atoms with Crippen LogP contribution in [0, 0.1) is 11.8 Å². The van der Waals surface area contributed by atoms with E-state index in [2.05, 4.69) is 17.3 Å². The average molecular weight is 422 g/mol. The zero-order valence-electron chi connectivity index (χ0n) is 17.7. The lowest BCUT2D eigenvalue weighted by Gasteiger charge is -2.27. The number of ether oxygens (including phenoxy) is 1. The minimum atomic E-state index is -0.305. The lowest BCUT2D eigenvalue weighted by molar-refractivity contribution is 0.0540. The van der Waals surface area contributed by atoms with Gasteiger partial charge in [-0.25, -0.2) is 0 Å². The van der Waals surface area contributed by atoms with Crippen LogP contribution in [0.25, 0.3) is 5.70 Å². The van der Waals surface area contributed by atoms with Crippen LogP contribution >= 0.6 is 0 Å². The lowest BCUT2D eigenvalue weighted by Crippen LogP contribution is -2.39. The summed E-state index contributed by atoms with van der Waals surface area (Å²) in [7, 11) is 1.68. The van der Waals surface area contributed by atoms with Crippen molar-refractivity contribution in [2.75, 3.05) is 18.6 Å². The van der Waals surface area contributed by atoms with Crippen LogP contribution in [0.4, 0.5) is 5.69 Å². The Morgan fingerprint density at radius 2 is 1.69 bits per heavy atom. The van der Waals surface area contributed by atoms with Gasteiger partial charge >= 0.3 is 0 Å². The number of fused-ring (bicyclic) bond motifs is 2. The van der Waals surface area contributed by atoms with Gasteiger partial charge in [0.15, 0.2) is 0 Å². The molecule has 158 valence electrons. The third kappa shape index (κ3) is 3.90. The molecule has 0 radical (unpaired) electrons. The quantitative estimate of drug-likeness (QED) is 0.628. The summed E-state index contributed by atoms with van der Waals surface area (Å²) in [4.78, 5) is 21.1. The van der Waals surface area contributed by atoms with Crippen LogP contribution in [0.1, 0.15) is 32.6 Å². The standard InChI is InChI=1S/C27H22N2O3/c1-31-18-19-10-12-21(13-11-19)25-16-23(32-28-25)17-29-26-9-5-3-7-22(26)15-14-20-6-2-4-8-24(20)27(29)30/h2-13,16,23,28H,17-18H2,1H3. The van der Waals surface area contributed by atoms with Crippen LogP contribution in [0.5, 0.6) is 0 Å². The Kier molecular flexibility index (Phi) is 5.47. The molecular formula is C27H22N2O3. The molecule has 2 heterocycles. The van der Waals surface area contributed by atoms with Crippen molar-refractivity contribution < 1.29 is 14.4 Å². The lowest BCUT2D eigenvalue weighted by atomic mass is 10.0. The maximum absolute atomic E-state index is 13.5. The predicted octanol–water partition coefficient (Wildman–Crippen LogP) is 4.14. The first-order chi connectivity index (χ1) is 15.7. The fourth-order valence-electron chi connectivity index (χ4n) is 3.93. The highest BCUT2D eigenvalue weighted by molar-refractivity contribution is 6.09. The van der Waals surface area contributed by atoms with E-state index in [1.807, 2.05) is 78.9 Å². The van der Waals surface area contributed by atoms with Crippen molar-refractivity contribution in [1.29, 1.82) is 0 Å². The number of hydrogen-bond acceptors (Lipinski definition) is 4. The van der Waals surface area contributed by atoms with E-state index >= 15 is 0 Å². The number of amides is 1. The minimum absolute atomic E-state index is 0.0866. The third-order valence-corrected chi connectivity index (χ3v) is 5.54. The summed E-state index contributed by atoms with van der Waals surface area (Å²) in [5.41, 5.74) is 8.95. The zero-order chi connectivity index (χ0) is 21.9. The number of hydrogen-bond donors (Lipinski definition) is 1. The van der Waals surface area contributed by atoms with E-state index in [1.165, 1.54) is 0 Å². The first-order valence-electron chi connectivity index (χ1n) is 10.5. The van der Waals surface area contributed by atoms with E-state index in [4.69, 9.17) is 9.57 Å². The number of nitrogens with one attached hydrogen (secondary N) is 1. The molecule has 1 N–H and O–H groups in total. The molecule has 0 aromatic heterocycles. The molecule has 5 heteroatoms. The maximum Gasteiger partial charge on any atom is 0.259 e. The molecule has 0 bridgehead atoms. The second-order valence-electron chi connectivity index (χ2n) is 7.70. The summed E-state index contributed by atoms with van der Waals surface area (Å²) in [6.07, 6.45) is 1.71. The maximum atomic E-state index is 13.5. The summed E-state index contributed by atoms with van der Waals surface area (Å²) < 4.78 is 5.18. The highest BCUT2D eigenvalue weighted by atomic mass is 16.7. The molecule has 0 saturated carbocycles. The largest absolute Gasteiger partial charge is 0.380 e. The molecule has 5 rings (SSSR count). The van der Waals surface area contributed by atoms with Crippen molar-refractivity contribution in [3.05, 3.63) is 107 Å². The smallest absolute Gasteiger partial charge is 0.259 e. The summed E-state index contributed by atoms with van der Waals surface area (Å²) in [5.74, 6) is 6.28. The second-order valence-corrected chi connectivity index (χ2v) is 7.70. The molecular weight excluding hydrogens is 400 g/mol. The van der Waals surface area contributed by atoms with E-state index in [-0.39, 0.29) is 12.0 Å². The number of nitrogens with zero attached hydrogens (tertiary/aromatic N) is 1. The fourth-order valence-corrected chi connectivity index (χ4v) is 3.93. The summed E-state index contributed by atoms with van der Waals surface area (Å²) in [6, 6.07) is 23.3. The van der Waals surface area contributed by atoms with Crippen molar-refractivity contribution in [2.45, 2.75) is 12.7 Å². The Morgan fingerprint density at radius 1 is 0.969 bits per heavy atom. The molecule has 0 saturated heterocycles. The Bertz CT molecular complexity index is 1250. The number of methoxy groups -OCH3 is 1. The molecule has 1 atom stereocenters. The molecule has 5 nitrogen and oxygen atoms in total. The molecule has 0 aliphatic carbocycles. The average Bonchev–Trinajstić information content (AvgIpc) is 3.30. The van der Waals surface area contributed by atoms with Gasteiger partial charge in [-0.2, -0.15) is 0 Å². The number of rotatable bonds is 5. The van der Waals surface area contributed by atoms with Crippen molar-refractivity contribution in [1.82, 2.24) is 5.48 Å². The molecule has 3 aromatic rings. The normalized spacial score (nSPS) is 16.7. The van der Waals surface area contributed by atoms with Crippen molar-refractivity contribution >= 4 is 17.3 Å². The van der Waals surface area contributed by atoms with E-state index in [9.17, 15) is 4.79 Å². The molecule has 0 spiro atoms. The van der Waals surface area contributed by atoms with E-state index in [0.29, 0.717) is 18.7 Å². The molecule has 1 unspecified atom stereocenters. The first kappa shape index (κ1) is 20.1. The van der Waals surface area contributed by atoms with Gasteiger partial charge in [-0.15, -0.1) is 0 Å². The van der Waals surface area contributed by atoms with E-state index < -0.39 is 0 Å². The van der Waals surface area contributed by atoms with Gasteiger partial charge in [0.1, 0.15) is 6.10 Å². The van der Waals surface area contributed by atoms with Gasteiger partial charge in [0.2, 0.25) is 0 Å². The van der Waals surface area contributed by atoms with E-state index in [0.717, 1.165) is 33.6 Å². The highest BCUT2D eigenvalue weighted by Gasteiger charge is 2.28. The number of benzene rings is 3. The summed E-state index contributed by atoms with van der Waals surface area (Å²) in [5, 5.41) is 0. The number of para-hydroxylation sites is 1. The Hall–Kier alpha value is -3.85. The molecule has 3 aromatic carbocycles. The topological polar surface area (TPSA) is 50.8 Å². The highest BCUT2D eigenvalue weighted by Crippen LogP contribution is 2.27. The zero-order valence-corrected chi connectivity index (χ0v) is 17.7. The van der Waals surface area contributed by atoms with Crippen LogP contribution in [0.2, 0.25) is 0 Å². The SMILES string of the molecule is COCc1ccc(C2=CC(CN3C(=O)c4ccccc4C#Cc4ccccc43)ON2)cc1. The second kappa shape index (κ2) is 8.72. The van der Waals surface area contributed by atoms with Gasteiger partial charge in [-0.3, -0.25) is 15.1 Å². The monoisotopic (exact) mass is 422 g/mol. The van der Waals surface area contributed by atoms with Gasteiger partial charge < -0.3 is 9.64 Å². The summed E-state index contributed by atoms with van der Waals surface area (Å²) >= 11 is 0. The molecule has 1 amide bonds. The molecule has 2 aliphatic heterocycles. The van der Waals surface area contributed by atoms with Crippen molar-refractivity contribution in [2.24, 2.45) is 0 Å². The number of carbonyl (C=O) groups excluding carboxylic acids is 1. The van der Waals surface area contributed by atoms with Gasteiger partial charge in [0.25, 0.3) is 5.91 Å². The Labute approximate surface area is 187 Å². The van der Waals surface area contributed by atoms with E-state index in [1.54, 1.807) is 12.0 Å². The molecule has 0 fully saturated rings. The van der Waals surface area contributed by atoms with Crippen LogP contribution in [-0.4, -0.2) is 25.7 Å². The van der Waals surface area contributed by atoms with Crippen LogP contribution in [0.3, 0.4) is 0 Å². The predicted molar refractivity (Wildman–Crippen MR) is 124 cm³/mol. The summed E-state index contributed by atoms with van der Waals surface area (Å²) in [6.45, 7) is 0.941. The van der Waals surface area contributed by atoms with Crippen LogP contribution < -0.4 is 10.4 Å². The number of carbonyl (C=O) groups is 1. The van der Waals surface area contributed by atoms with Crippen LogP contribution in [0.15, 0.2) is 78.9 Å². The molecule has 32 heavy (non-hydrogen) atoms. The van der Waals surface area contributed by atoms with Gasteiger partial charge in [0.05, 0.1) is 30.1 Å². The fraction of sp³-hybridized carbons (Fsp3) is 0.148. The van der Waals surface area contributed by atoms with Gasteiger partial charge in [0, 0.05) is 18.2 Å². The molecule has 2 aliphatic rings. The van der Waals surface area contributed by atoms with Gasteiger partial charge in [-0.1, -0.05) is 60.4 Å². The van der Waals surface area contributed by atoms with Crippen molar-refractivity contribution in [3.8, 4) is 11.8 Å². The Morgan fingerprint density at radius 3 is 2.50 bits per heavy atom. The van der Waals surface area contributed by atoms with Crippen molar-refractivity contribution in [3.63, 3.8) is 0 Å². The minimum Gasteiger partial charge on any atom is -0.380 e. The number of anilines is 1. The number of hydroxylamine groups is 1. The van der Waals surface area contributed by atoms with Crippen LogP contribution in [-0.2, 0) is 16.2 Å². The third-order valence-electron chi connectivity index (χ3n) is 5.54. The van der Waals surface area contributed by atoms with Gasteiger partial charge in [-0.05, 0) is 41.5 Å². The Balaban J connectivity index is 1.45. The first-order valence-corrected chi connectivity index (χ1v) is 10.5.